The van der Waals surface area contributed by atoms with E-state index in [1.807, 2.05) is 25.1 Å². The van der Waals surface area contributed by atoms with Crippen LogP contribution in [0.15, 0.2) is 36.4 Å². The molecule has 0 spiro atoms. The number of carbonyl (C=O) groups excluding carboxylic acids is 1. The number of hydrogen-bond acceptors (Lipinski definition) is 2. The van der Waals surface area contributed by atoms with Crippen molar-refractivity contribution in [2.45, 2.75) is 6.92 Å². The quantitative estimate of drug-likeness (QED) is 0.667. The van der Waals surface area contributed by atoms with Gasteiger partial charge in [-0.2, -0.15) is 0 Å². The number of anilines is 1. The highest BCUT2D eigenvalue weighted by atomic mass is 79.9. The summed E-state index contributed by atoms with van der Waals surface area (Å²) in [6.45, 7) is 6.09. The molecule has 1 N–H and O–H groups in total. The van der Waals surface area contributed by atoms with Gasteiger partial charge in [0.05, 0.1) is 11.0 Å². The minimum atomic E-state index is -0.105. The van der Waals surface area contributed by atoms with Crippen LogP contribution in [0.25, 0.3) is 0 Å². The molecule has 0 unspecified atom stereocenters. The highest BCUT2D eigenvalue weighted by molar-refractivity contribution is 9.09. The van der Waals surface area contributed by atoms with Gasteiger partial charge in [0.15, 0.2) is 0 Å². The van der Waals surface area contributed by atoms with Crippen LogP contribution < -0.4 is 10.1 Å². The number of rotatable bonds is 5. The molecule has 1 aromatic carbocycles. The molecule has 0 aromatic heterocycles. The molecule has 0 fully saturated rings. The van der Waals surface area contributed by atoms with Crippen molar-refractivity contribution in [3.05, 3.63) is 36.4 Å². The lowest BCUT2D eigenvalue weighted by molar-refractivity contribution is -0.113. The van der Waals surface area contributed by atoms with E-state index in [0.29, 0.717) is 18.0 Å². The zero-order chi connectivity index (χ0) is 12.0. The van der Waals surface area contributed by atoms with Gasteiger partial charge >= 0.3 is 0 Å². The average Bonchev–Trinajstić information content (AvgIpc) is 2.27. The van der Waals surface area contributed by atoms with E-state index in [0.717, 1.165) is 5.57 Å². The number of para-hydroxylation sites is 2. The van der Waals surface area contributed by atoms with Crippen LogP contribution in [-0.4, -0.2) is 17.8 Å². The molecule has 1 aromatic rings. The second kappa shape index (κ2) is 6.33. The van der Waals surface area contributed by atoms with E-state index in [-0.39, 0.29) is 11.2 Å². The predicted octanol–water partition coefficient (Wildman–Crippen LogP) is 2.97. The number of carbonyl (C=O) groups is 1. The third-order valence-electron chi connectivity index (χ3n) is 1.76. The van der Waals surface area contributed by atoms with E-state index in [1.165, 1.54) is 0 Å². The molecule has 0 aliphatic carbocycles. The Morgan fingerprint density at radius 1 is 1.50 bits per heavy atom. The SMILES string of the molecule is C=C(C)COc1ccccc1NC(=O)CBr. The summed E-state index contributed by atoms with van der Waals surface area (Å²) in [5.74, 6) is 0.547. The number of alkyl halides is 1. The molecule has 3 nitrogen and oxygen atoms in total. The zero-order valence-electron chi connectivity index (χ0n) is 9.13. The molecule has 0 aliphatic rings. The standard InChI is InChI=1S/C12H14BrNO2/c1-9(2)8-16-11-6-4-3-5-10(11)14-12(15)7-13/h3-6H,1,7-8H2,2H3,(H,14,15). The second-order valence-electron chi connectivity index (χ2n) is 3.42. The molecule has 0 bridgehead atoms. The topological polar surface area (TPSA) is 38.3 Å². The number of halogens is 1. The minimum absolute atomic E-state index is 0.105. The van der Waals surface area contributed by atoms with Crippen LogP contribution in [0.3, 0.4) is 0 Å². The summed E-state index contributed by atoms with van der Waals surface area (Å²) < 4.78 is 5.51. The minimum Gasteiger partial charge on any atom is -0.487 e. The second-order valence-corrected chi connectivity index (χ2v) is 3.98. The molecule has 16 heavy (non-hydrogen) atoms. The van der Waals surface area contributed by atoms with Crippen molar-refractivity contribution in [1.29, 1.82) is 0 Å². The largest absolute Gasteiger partial charge is 0.487 e. The molecule has 1 amide bonds. The smallest absolute Gasteiger partial charge is 0.235 e. The molecule has 0 saturated carbocycles. The maximum absolute atomic E-state index is 11.2. The van der Waals surface area contributed by atoms with Gasteiger partial charge < -0.3 is 10.1 Å². The van der Waals surface area contributed by atoms with Crippen molar-refractivity contribution >= 4 is 27.5 Å². The first-order valence-corrected chi connectivity index (χ1v) is 5.97. The van der Waals surface area contributed by atoms with Crippen LogP contribution in [0, 0.1) is 0 Å². The van der Waals surface area contributed by atoms with E-state index in [9.17, 15) is 4.79 Å². The van der Waals surface area contributed by atoms with Gasteiger partial charge in [0.25, 0.3) is 0 Å². The van der Waals surface area contributed by atoms with Gasteiger partial charge in [-0.1, -0.05) is 34.6 Å². The van der Waals surface area contributed by atoms with E-state index in [1.54, 1.807) is 6.07 Å². The number of ether oxygens (including phenoxy) is 1. The summed E-state index contributed by atoms with van der Waals surface area (Å²) >= 11 is 3.09. The third-order valence-corrected chi connectivity index (χ3v) is 2.27. The average molecular weight is 284 g/mol. The van der Waals surface area contributed by atoms with Crippen molar-refractivity contribution in [2.24, 2.45) is 0 Å². The molecule has 0 radical (unpaired) electrons. The molecule has 0 aliphatic heterocycles. The normalized spacial score (nSPS) is 9.62. The van der Waals surface area contributed by atoms with E-state index >= 15 is 0 Å². The van der Waals surface area contributed by atoms with Crippen LogP contribution in [0.5, 0.6) is 5.75 Å². The monoisotopic (exact) mass is 283 g/mol. The van der Waals surface area contributed by atoms with E-state index in [4.69, 9.17) is 4.74 Å². The predicted molar refractivity (Wildman–Crippen MR) is 69.2 cm³/mol. The molecular weight excluding hydrogens is 270 g/mol. The Morgan fingerprint density at radius 2 is 2.19 bits per heavy atom. The Balaban J connectivity index is 2.74. The van der Waals surface area contributed by atoms with Crippen molar-refractivity contribution in [1.82, 2.24) is 0 Å². The zero-order valence-corrected chi connectivity index (χ0v) is 10.7. The van der Waals surface area contributed by atoms with Gasteiger partial charge in [0.1, 0.15) is 12.4 Å². The summed E-state index contributed by atoms with van der Waals surface area (Å²) in [4.78, 5) is 11.2. The van der Waals surface area contributed by atoms with Gasteiger partial charge in [-0.25, -0.2) is 0 Å². The molecule has 4 heteroatoms. The molecule has 0 heterocycles. The van der Waals surface area contributed by atoms with Gasteiger partial charge in [0.2, 0.25) is 5.91 Å². The molecule has 86 valence electrons. The first kappa shape index (κ1) is 12.8. The van der Waals surface area contributed by atoms with Crippen molar-refractivity contribution < 1.29 is 9.53 Å². The van der Waals surface area contributed by atoms with Crippen LogP contribution in [0.4, 0.5) is 5.69 Å². The highest BCUT2D eigenvalue weighted by Gasteiger charge is 2.05. The number of nitrogens with one attached hydrogen (secondary N) is 1. The molecular formula is C12H14BrNO2. The Kier molecular flexibility index (Phi) is 5.05. The van der Waals surface area contributed by atoms with Crippen LogP contribution in [0.1, 0.15) is 6.92 Å². The van der Waals surface area contributed by atoms with Gasteiger partial charge in [-0.3, -0.25) is 4.79 Å². The Morgan fingerprint density at radius 3 is 2.81 bits per heavy atom. The van der Waals surface area contributed by atoms with Gasteiger partial charge in [-0.15, -0.1) is 0 Å². The third kappa shape index (κ3) is 4.06. The number of amides is 1. The van der Waals surface area contributed by atoms with Crippen LogP contribution in [0.2, 0.25) is 0 Å². The Labute approximate surface area is 104 Å². The summed E-state index contributed by atoms with van der Waals surface area (Å²) in [5.41, 5.74) is 1.61. The maximum Gasteiger partial charge on any atom is 0.235 e. The Bertz CT molecular complexity index is 390. The molecule has 1 rings (SSSR count). The molecule has 0 atom stereocenters. The lowest BCUT2D eigenvalue weighted by Gasteiger charge is -2.11. The van der Waals surface area contributed by atoms with Gasteiger partial charge in [-0.05, 0) is 24.6 Å². The number of benzene rings is 1. The van der Waals surface area contributed by atoms with Crippen LogP contribution in [-0.2, 0) is 4.79 Å². The maximum atomic E-state index is 11.2. The Hall–Kier alpha value is -1.29. The first-order valence-electron chi connectivity index (χ1n) is 4.85. The fourth-order valence-electron chi connectivity index (χ4n) is 1.08. The summed E-state index contributed by atoms with van der Waals surface area (Å²) in [7, 11) is 0. The lowest BCUT2D eigenvalue weighted by atomic mass is 10.3. The lowest BCUT2D eigenvalue weighted by Crippen LogP contribution is -2.13. The van der Waals surface area contributed by atoms with Crippen molar-refractivity contribution in [2.75, 3.05) is 17.3 Å². The number of hydrogen-bond donors (Lipinski definition) is 1. The van der Waals surface area contributed by atoms with E-state index < -0.39 is 0 Å². The van der Waals surface area contributed by atoms with E-state index in [2.05, 4.69) is 27.8 Å². The molecule has 0 saturated heterocycles. The summed E-state index contributed by atoms with van der Waals surface area (Å²) in [5, 5.41) is 3.01. The van der Waals surface area contributed by atoms with Crippen molar-refractivity contribution in [3.8, 4) is 5.75 Å². The fourth-order valence-corrected chi connectivity index (χ4v) is 1.22. The van der Waals surface area contributed by atoms with Crippen molar-refractivity contribution in [3.63, 3.8) is 0 Å². The fraction of sp³-hybridized carbons (Fsp3) is 0.250. The van der Waals surface area contributed by atoms with Crippen LogP contribution >= 0.6 is 15.9 Å². The summed E-state index contributed by atoms with van der Waals surface area (Å²) in [6.07, 6.45) is 0. The van der Waals surface area contributed by atoms with Gasteiger partial charge in [0, 0.05) is 0 Å². The summed E-state index contributed by atoms with van der Waals surface area (Å²) in [6, 6.07) is 7.32. The highest BCUT2D eigenvalue weighted by Crippen LogP contribution is 2.24. The first-order chi connectivity index (χ1) is 7.63.